The van der Waals surface area contributed by atoms with Crippen molar-refractivity contribution in [2.24, 2.45) is 5.11 Å². The Bertz CT molecular complexity index is 660. The molecule has 1 aromatic heterocycles. The molecule has 0 N–H and O–H groups in total. The highest BCUT2D eigenvalue weighted by atomic mass is 19.3. The molecule has 0 aliphatic heterocycles. The molecule has 0 fully saturated rings. The minimum atomic E-state index is -2.91. The highest BCUT2D eigenvalue weighted by molar-refractivity contribution is 5.59. The van der Waals surface area contributed by atoms with Crippen LogP contribution in [0.15, 0.2) is 41.8 Å². The molecular weight excluding hydrogens is 264 g/mol. The predicted molar refractivity (Wildman–Crippen MR) is 69.9 cm³/mol. The van der Waals surface area contributed by atoms with Crippen molar-refractivity contribution < 1.29 is 8.78 Å². The first-order valence-electron chi connectivity index (χ1n) is 5.81. The molecule has 7 heteroatoms. The lowest BCUT2D eigenvalue weighted by Gasteiger charge is -2.11. The van der Waals surface area contributed by atoms with Gasteiger partial charge in [-0.1, -0.05) is 23.3 Å². The first-order chi connectivity index (χ1) is 9.50. The molecule has 0 saturated heterocycles. The molecule has 0 bridgehead atoms. The molecule has 0 unspecified atom stereocenters. The average molecular weight is 275 g/mol. The van der Waals surface area contributed by atoms with Gasteiger partial charge in [0.15, 0.2) is 0 Å². The topological polar surface area (TPSA) is 74.5 Å². The smallest absolute Gasteiger partial charge is 0.261 e. The van der Waals surface area contributed by atoms with Gasteiger partial charge in [0.2, 0.25) is 0 Å². The van der Waals surface area contributed by atoms with Crippen molar-refractivity contribution in [3.63, 3.8) is 0 Å². The van der Waals surface area contributed by atoms with Gasteiger partial charge in [0, 0.05) is 29.2 Å². The van der Waals surface area contributed by atoms with Crippen molar-refractivity contribution in [1.29, 1.82) is 0 Å². The van der Waals surface area contributed by atoms with Crippen LogP contribution in [0.2, 0.25) is 0 Å². The van der Waals surface area contributed by atoms with E-state index in [2.05, 4.69) is 20.0 Å². The lowest BCUT2D eigenvalue weighted by Crippen LogP contribution is -2.06. The van der Waals surface area contributed by atoms with Crippen LogP contribution < -0.4 is 0 Å². The summed E-state index contributed by atoms with van der Waals surface area (Å²) in [5.74, 6) is -2.91. The second-order valence-electron chi connectivity index (χ2n) is 4.25. The monoisotopic (exact) mass is 275 g/mol. The third-order valence-corrected chi connectivity index (χ3v) is 2.65. The lowest BCUT2D eigenvalue weighted by atomic mass is 10.0. The zero-order valence-corrected chi connectivity index (χ0v) is 10.7. The Hall–Kier alpha value is -2.53. The fourth-order valence-corrected chi connectivity index (χ4v) is 1.68. The highest BCUT2D eigenvalue weighted by Crippen LogP contribution is 2.29. The lowest BCUT2D eigenvalue weighted by molar-refractivity contribution is 0.0175. The summed E-state index contributed by atoms with van der Waals surface area (Å²) >= 11 is 0. The Labute approximate surface area is 113 Å². The summed E-state index contributed by atoms with van der Waals surface area (Å²) in [7, 11) is 0. The Balaban J connectivity index is 2.39. The minimum Gasteiger partial charge on any atom is -0.261 e. The van der Waals surface area contributed by atoms with Crippen LogP contribution in [-0.2, 0) is 12.5 Å². The van der Waals surface area contributed by atoms with Crippen LogP contribution in [0.1, 0.15) is 18.2 Å². The maximum absolute atomic E-state index is 13.3. The fourth-order valence-electron chi connectivity index (χ4n) is 1.68. The van der Waals surface area contributed by atoms with E-state index in [9.17, 15) is 8.78 Å². The molecular formula is C13H11F2N5. The Kier molecular flexibility index (Phi) is 3.91. The van der Waals surface area contributed by atoms with E-state index < -0.39 is 5.92 Å². The molecule has 2 rings (SSSR count). The summed E-state index contributed by atoms with van der Waals surface area (Å²) < 4.78 is 26.6. The fraction of sp³-hybridized carbons (Fsp3) is 0.231. The molecule has 0 spiro atoms. The molecule has 102 valence electrons. The Morgan fingerprint density at radius 2 is 2.15 bits per heavy atom. The molecule has 5 nitrogen and oxygen atoms in total. The van der Waals surface area contributed by atoms with Gasteiger partial charge in [0.25, 0.3) is 5.92 Å². The maximum atomic E-state index is 13.3. The molecule has 20 heavy (non-hydrogen) atoms. The first kappa shape index (κ1) is 13.9. The number of nitrogens with zero attached hydrogens (tertiary/aromatic N) is 5. The van der Waals surface area contributed by atoms with Crippen molar-refractivity contribution in [1.82, 2.24) is 9.97 Å². The van der Waals surface area contributed by atoms with Crippen molar-refractivity contribution in [2.45, 2.75) is 19.4 Å². The number of benzene rings is 1. The Morgan fingerprint density at radius 1 is 1.35 bits per heavy atom. The van der Waals surface area contributed by atoms with E-state index in [-0.39, 0.29) is 12.1 Å². The zero-order chi connectivity index (χ0) is 14.6. The van der Waals surface area contributed by atoms with Gasteiger partial charge in [-0.3, -0.25) is 4.98 Å². The van der Waals surface area contributed by atoms with Gasteiger partial charge in [0.05, 0.1) is 24.1 Å². The number of rotatable bonds is 4. The zero-order valence-electron chi connectivity index (χ0n) is 10.7. The summed E-state index contributed by atoms with van der Waals surface area (Å²) in [6.07, 6.45) is 2.95. The average Bonchev–Trinajstić information content (AvgIpc) is 2.45. The molecule has 0 amide bonds. The number of aromatic nitrogens is 2. The van der Waals surface area contributed by atoms with Crippen LogP contribution in [0.5, 0.6) is 0 Å². The van der Waals surface area contributed by atoms with Crippen molar-refractivity contribution in [3.8, 4) is 11.3 Å². The van der Waals surface area contributed by atoms with E-state index in [1.807, 2.05) is 0 Å². The molecule has 1 aromatic carbocycles. The SMILES string of the molecule is CC(F)(F)c1cccc(-c2cncc(CN=[N+]=[N-])n2)c1. The minimum absolute atomic E-state index is 0.0704. The summed E-state index contributed by atoms with van der Waals surface area (Å²) in [4.78, 5) is 10.8. The van der Waals surface area contributed by atoms with E-state index in [4.69, 9.17) is 5.53 Å². The van der Waals surface area contributed by atoms with E-state index in [0.717, 1.165) is 6.92 Å². The summed E-state index contributed by atoms with van der Waals surface area (Å²) in [6, 6.07) is 5.96. The molecule has 0 aliphatic rings. The van der Waals surface area contributed by atoms with Crippen LogP contribution in [0.4, 0.5) is 8.78 Å². The quantitative estimate of drug-likeness (QED) is 0.479. The summed E-state index contributed by atoms with van der Waals surface area (Å²) in [5.41, 5.74) is 9.66. The van der Waals surface area contributed by atoms with Gasteiger partial charge in [-0.05, 0) is 11.6 Å². The second kappa shape index (κ2) is 5.63. The third kappa shape index (κ3) is 3.27. The predicted octanol–water partition coefficient (Wildman–Crippen LogP) is 4.07. The number of hydrogen-bond donors (Lipinski definition) is 0. The van der Waals surface area contributed by atoms with E-state index in [0.29, 0.717) is 17.0 Å². The summed E-state index contributed by atoms with van der Waals surface area (Å²) in [6.45, 7) is 0.914. The first-order valence-corrected chi connectivity index (χ1v) is 5.81. The van der Waals surface area contributed by atoms with E-state index in [1.165, 1.54) is 24.5 Å². The van der Waals surface area contributed by atoms with E-state index >= 15 is 0 Å². The van der Waals surface area contributed by atoms with Crippen molar-refractivity contribution >= 4 is 0 Å². The van der Waals surface area contributed by atoms with Crippen LogP contribution in [0.3, 0.4) is 0 Å². The standard InChI is InChI=1S/C13H11F2N5/c1-13(14,15)10-4-2-3-9(5-10)12-8-17-6-11(19-12)7-18-20-16/h2-6,8H,7H2,1H3. The number of hydrogen-bond acceptors (Lipinski definition) is 3. The highest BCUT2D eigenvalue weighted by Gasteiger charge is 2.24. The van der Waals surface area contributed by atoms with Crippen LogP contribution in [-0.4, -0.2) is 9.97 Å². The van der Waals surface area contributed by atoms with Crippen molar-refractivity contribution in [3.05, 3.63) is 58.4 Å². The maximum Gasteiger partial charge on any atom is 0.270 e. The normalized spacial score (nSPS) is 10.9. The van der Waals surface area contributed by atoms with Gasteiger partial charge in [-0.2, -0.15) is 0 Å². The van der Waals surface area contributed by atoms with Crippen LogP contribution >= 0.6 is 0 Å². The molecule has 0 atom stereocenters. The van der Waals surface area contributed by atoms with Crippen LogP contribution in [0.25, 0.3) is 21.7 Å². The van der Waals surface area contributed by atoms with E-state index in [1.54, 1.807) is 12.1 Å². The second-order valence-corrected chi connectivity index (χ2v) is 4.25. The molecule has 0 saturated carbocycles. The number of azide groups is 1. The number of alkyl halides is 2. The number of halogens is 2. The van der Waals surface area contributed by atoms with Crippen LogP contribution in [0, 0.1) is 0 Å². The molecule has 1 heterocycles. The molecule has 0 aliphatic carbocycles. The molecule has 0 radical (unpaired) electrons. The van der Waals surface area contributed by atoms with Gasteiger partial charge in [-0.25, -0.2) is 13.8 Å². The third-order valence-electron chi connectivity index (χ3n) is 2.65. The summed E-state index contributed by atoms with van der Waals surface area (Å²) in [5, 5.41) is 3.39. The van der Waals surface area contributed by atoms with Gasteiger partial charge < -0.3 is 0 Å². The van der Waals surface area contributed by atoms with Gasteiger partial charge in [-0.15, -0.1) is 0 Å². The largest absolute Gasteiger partial charge is 0.270 e. The van der Waals surface area contributed by atoms with Crippen molar-refractivity contribution in [2.75, 3.05) is 0 Å². The van der Waals surface area contributed by atoms with Gasteiger partial charge >= 0.3 is 0 Å². The molecule has 2 aromatic rings. The van der Waals surface area contributed by atoms with Gasteiger partial charge in [0.1, 0.15) is 0 Å². The Morgan fingerprint density at radius 3 is 2.85 bits per heavy atom.